The first-order chi connectivity index (χ1) is 4.16. The Balaban J connectivity index is 3.25. The van der Waals surface area contributed by atoms with Crippen molar-refractivity contribution in [2.75, 3.05) is 0 Å². The molecule has 0 saturated carbocycles. The molecular weight excluding hydrogens is 120 g/mol. The molecule has 0 spiro atoms. The molecule has 2 unspecified atom stereocenters. The third kappa shape index (κ3) is 5.45. The molecule has 4 heteroatoms. The summed E-state index contributed by atoms with van der Waals surface area (Å²) in [6.07, 6.45) is 2.16. The SMILES string of the molecule is C=CCC(C)O[NH+](N)[O-]. The Labute approximate surface area is 54.4 Å². The molecule has 0 aromatic rings. The Hall–Kier alpha value is -0.420. The Kier molecular flexibility index (Phi) is 4.25. The molecule has 54 valence electrons. The maximum absolute atomic E-state index is 10.1. The van der Waals surface area contributed by atoms with Crippen LogP contribution in [0.1, 0.15) is 13.3 Å². The molecule has 0 heterocycles. The summed E-state index contributed by atoms with van der Waals surface area (Å²) in [5.74, 6) is 4.73. The molecule has 0 aliphatic rings. The fraction of sp³-hybridized carbons (Fsp3) is 0.600. The predicted octanol–water partition coefficient (Wildman–Crippen LogP) is -0.861. The van der Waals surface area contributed by atoms with Gasteiger partial charge in [-0.3, -0.25) is 0 Å². The highest BCUT2D eigenvalue weighted by atomic mass is 16.9. The third-order valence-corrected chi connectivity index (χ3v) is 0.816. The van der Waals surface area contributed by atoms with Gasteiger partial charge in [0.25, 0.3) is 0 Å². The van der Waals surface area contributed by atoms with Crippen LogP contribution in [0.15, 0.2) is 12.7 Å². The van der Waals surface area contributed by atoms with Crippen molar-refractivity contribution in [3.8, 4) is 0 Å². The summed E-state index contributed by atoms with van der Waals surface area (Å²) in [4.78, 5) is 4.56. The summed E-state index contributed by atoms with van der Waals surface area (Å²) in [6, 6.07) is 0. The van der Waals surface area contributed by atoms with Crippen LogP contribution in [0.25, 0.3) is 0 Å². The number of nitrogens with one attached hydrogen (secondary N) is 1. The largest absolute Gasteiger partial charge is 0.580 e. The van der Waals surface area contributed by atoms with E-state index in [4.69, 9.17) is 5.84 Å². The van der Waals surface area contributed by atoms with Crippen LogP contribution in [0.2, 0.25) is 0 Å². The lowest BCUT2D eigenvalue weighted by molar-refractivity contribution is -1.07. The Morgan fingerprint density at radius 3 is 2.89 bits per heavy atom. The van der Waals surface area contributed by atoms with Crippen LogP contribution in [0.4, 0.5) is 0 Å². The van der Waals surface area contributed by atoms with Gasteiger partial charge in [-0.1, -0.05) is 6.08 Å². The van der Waals surface area contributed by atoms with E-state index >= 15 is 0 Å². The van der Waals surface area contributed by atoms with E-state index in [0.29, 0.717) is 6.42 Å². The molecule has 0 aliphatic heterocycles. The molecular formula is C5H12N2O2. The quantitative estimate of drug-likeness (QED) is 0.297. The minimum Gasteiger partial charge on any atom is -0.580 e. The lowest BCUT2D eigenvalue weighted by atomic mass is 10.3. The second-order valence-electron chi connectivity index (χ2n) is 1.77. The number of rotatable bonds is 4. The fourth-order valence-corrected chi connectivity index (χ4v) is 0.481. The van der Waals surface area contributed by atoms with Gasteiger partial charge in [0.05, 0.1) is 0 Å². The number of hydrogen-bond donors (Lipinski definition) is 2. The van der Waals surface area contributed by atoms with Crippen molar-refractivity contribution in [2.45, 2.75) is 19.4 Å². The van der Waals surface area contributed by atoms with Gasteiger partial charge in [0.1, 0.15) is 6.10 Å². The average molecular weight is 132 g/mol. The van der Waals surface area contributed by atoms with Gasteiger partial charge in [-0.15, -0.1) is 17.8 Å². The van der Waals surface area contributed by atoms with Crippen LogP contribution < -0.4 is 11.2 Å². The number of hydrogen-bond acceptors (Lipinski definition) is 3. The molecule has 0 aromatic carbocycles. The van der Waals surface area contributed by atoms with Gasteiger partial charge in [0.15, 0.2) is 0 Å². The highest BCUT2D eigenvalue weighted by molar-refractivity contribution is 4.69. The predicted molar refractivity (Wildman–Crippen MR) is 33.9 cm³/mol. The Morgan fingerprint density at radius 2 is 2.56 bits per heavy atom. The van der Waals surface area contributed by atoms with Crippen LogP contribution in [0.5, 0.6) is 0 Å². The first-order valence-corrected chi connectivity index (χ1v) is 2.73. The Bertz CT molecular complexity index is 85.0. The number of nitrogens with two attached hydrogens (primary N) is 1. The van der Waals surface area contributed by atoms with Gasteiger partial charge in [0.2, 0.25) is 0 Å². The zero-order chi connectivity index (χ0) is 7.28. The second kappa shape index (κ2) is 4.46. The van der Waals surface area contributed by atoms with Crippen LogP contribution in [-0.2, 0) is 4.84 Å². The van der Waals surface area contributed by atoms with E-state index in [1.807, 2.05) is 0 Å². The van der Waals surface area contributed by atoms with E-state index in [2.05, 4.69) is 11.4 Å². The van der Waals surface area contributed by atoms with Gasteiger partial charge in [-0.2, -0.15) is 4.84 Å². The molecule has 0 aromatic heterocycles. The topological polar surface area (TPSA) is 62.8 Å². The van der Waals surface area contributed by atoms with Crippen LogP contribution >= 0.6 is 0 Å². The van der Waals surface area contributed by atoms with Crippen LogP contribution in [-0.4, -0.2) is 6.10 Å². The van der Waals surface area contributed by atoms with Crippen molar-refractivity contribution in [3.05, 3.63) is 17.9 Å². The van der Waals surface area contributed by atoms with Crippen LogP contribution in [0, 0.1) is 5.21 Å². The van der Waals surface area contributed by atoms with Crippen molar-refractivity contribution in [3.63, 3.8) is 0 Å². The van der Waals surface area contributed by atoms with Crippen molar-refractivity contribution in [1.82, 2.24) is 0 Å². The molecule has 0 rings (SSSR count). The summed E-state index contributed by atoms with van der Waals surface area (Å²) in [7, 11) is 0. The van der Waals surface area contributed by atoms with E-state index in [-0.39, 0.29) is 6.10 Å². The smallest absolute Gasteiger partial charge is 0.120 e. The minimum absolute atomic E-state index is 0.153. The fourth-order valence-electron chi connectivity index (χ4n) is 0.481. The highest BCUT2D eigenvalue weighted by Crippen LogP contribution is 1.91. The lowest BCUT2D eigenvalue weighted by Gasteiger charge is -2.16. The lowest BCUT2D eigenvalue weighted by Crippen LogP contribution is -3.12. The van der Waals surface area contributed by atoms with Gasteiger partial charge in [-0.05, 0) is 13.3 Å². The van der Waals surface area contributed by atoms with E-state index in [1.54, 1.807) is 13.0 Å². The molecule has 0 radical (unpaired) electrons. The molecule has 0 saturated heterocycles. The van der Waals surface area contributed by atoms with Gasteiger partial charge < -0.3 is 5.21 Å². The summed E-state index contributed by atoms with van der Waals surface area (Å²) in [6.45, 7) is 5.23. The van der Waals surface area contributed by atoms with Gasteiger partial charge in [-0.25, -0.2) is 0 Å². The standard InChI is InChI=1S/C5H12N2O2/c1-3-4-5(2)9-7(6)8/h3,5,7H,1,4,6H2,2H3. The van der Waals surface area contributed by atoms with E-state index in [0.717, 1.165) is 0 Å². The molecule has 0 aliphatic carbocycles. The summed E-state index contributed by atoms with van der Waals surface area (Å²) in [5.41, 5.74) is 0. The van der Waals surface area contributed by atoms with E-state index in [1.165, 1.54) is 0 Å². The normalized spacial score (nSPS) is 16.8. The molecule has 0 fully saturated rings. The van der Waals surface area contributed by atoms with Crippen LogP contribution in [0.3, 0.4) is 0 Å². The first-order valence-electron chi connectivity index (χ1n) is 2.73. The molecule has 4 nitrogen and oxygen atoms in total. The maximum atomic E-state index is 10.1. The summed E-state index contributed by atoms with van der Waals surface area (Å²) >= 11 is 0. The molecule has 2 atom stereocenters. The zero-order valence-electron chi connectivity index (χ0n) is 5.46. The highest BCUT2D eigenvalue weighted by Gasteiger charge is 2.01. The second-order valence-corrected chi connectivity index (χ2v) is 1.77. The molecule has 0 amide bonds. The first kappa shape index (κ1) is 8.58. The monoisotopic (exact) mass is 132 g/mol. The van der Waals surface area contributed by atoms with Crippen molar-refractivity contribution < 1.29 is 10.2 Å². The van der Waals surface area contributed by atoms with Gasteiger partial charge >= 0.3 is 0 Å². The van der Waals surface area contributed by atoms with E-state index in [9.17, 15) is 5.21 Å². The zero-order valence-corrected chi connectivity index (χ0v) is 5.46. The Morgan fingerprint density at radius 1 is 2.00 bits per heavy atom. The van der Waals surface area contributed by atoms with Crippen molar-refractivity contribution in [1.29, 1.82) is 0 Å². The third-order valence-electron chi connectivity index (χ3n) is 0.816. The number of quaternary nitrogens is 1. The molecule has 3 N–H and O–H groups in total. The van der Waals surface area contributed by atoms with Crippen molar-refractivity contribution >= 4 is 0 Å². The summed E-state index contributed by atoms with van der Waals surface area (Å²) in [5, 5.41) is 9.32. The van der Waals surface area contributed by atoms with Crippen molar-refractivity contribution in [2.24, 2.45) is 5.84 Å². The maximum Gasteiger partial charge on any atom is 0.120 e. The average Bonchev–Trinajstić information content (AvgIpc) is 1.63. The molecule has 0 bridgehead atoms. The van der Waals surface area contributed by atoms with E-state index < -0.39 is 5.34 Å². The minimum atomic E-state index is -0.732. The summed E-state index contributed by atoms with van der Waals surface area (Å²) < 4.78 is 0. The van der Waals surface area contributed by atoms with Gasteiger partial charge in [0, 0.05) is 0 Å². The molecule has 9 heavy (non-hydrogen) atoms.